The van der Waals surface area contributed by atoms with Crippen molar-refractivity contribution in [3.05, 3.63) is 58.6 Å². The van der Waals surface area contributed by atoms with Crippen LogP contribution in [0.15, 0.2) is 42.5 Å². The van der Waals surface area contributed by atoms with Crippen molar-refractivity contribution in [1.82, 2.24) is 0 Å². The lowest BCUT2D eigenvalue weighted by atomic mass is 9.94. The maximum Gasteiger partial charge on any atom is 0.0487 e. The average molecular weight is 245 g/mol. The summed E-state index contributed by atoms with van der Waals surface area (Å²) in [7, 11) is 0. The van der Waals surface area contributed by atoms with Crippen LogP contribution in [0.1, 0.15) is 24.5 Å². The summed E-state index contributed by atoms with van der Waals surface area (Å²) in [5.41, 5.74) is 5.07. The molecule has 0 aliphatic carbocycles. The highest BCUT2D eigenvalue weighted by Gasteiger charge is 2.09. The third kappa shape index (κ3) is 2.53. The Morgan fingerprint density at radius 3 is 2.47 bits per heavy atom. The second kappa shape index (κ2) is 5.37. The standard InChI is InChI=1S/C16H17Cl/c1-3-7-13-9-4-5-10-14(13)16-12(2)8-6-11-15(16)17/h4-6,8-11H,3,7H2,1-2H3. The Morgan fingerprint density at radius 1 is 1.00 bits per heavy atom. The van der Waals surface area contributed by atoms with Gasteiger partial charge in [-0.05, 0) is 36.1 Å². The maximum atomic E-state index is 6.34. The van der Waals surface area contributed by atoms with Crippen molar-refractivity contribution in [3.8, 4) is 11.1 Å². The van der Waals surface area contributed by atoms with E-state index in [1.807, 2.05) is 12.1 Å². The Hall–Kier alpha value is -1.27. The van der Waals surface area contributed by atoms with Crippen LogP contribution in [0.2, 0.25) is 5.02 Å². The number of halogens is 1. The summed E-state index contributed by atoms with van der Waals surface area (Å²) in [4.78, 5) is 0. The van der Waals surface area contributed by atoms with E-state index in [4.69, 9.17) is 11.6 Å². The van der Waals surface area contributed by atoms with Crippen LogP contribution in [0.3, 0.4) is 0 Å². The summed E-state index contributed by atoms with van der Waals surface area (Å²) in [5, 5.41) is 0.841. The summed E-state index contributed by atoms with van der Waals surface area (Å²) < 4.78 is 0. The van der Waals surface area contributed by atoms with Crippen molar-refractivity contribution in [3.63, 3.8) is 0 Å². The zero-order valence-corrected chi connectivity index (χ0v) is 11.1. The Labute approximate surface area is 108 Å². The van der Waals surface area contributed by atoms with Gasteiger partial charge in [0.15, 0.2) is 0 Å². The van der Waals surface area contributed by atoms with E-state index in [1.54, 1.807) is 0 Å². The molecule has 2 aromatic rings. The van der Waals surface area contributed by atoms with Crippen molar-refractivity contribution >= 4 is 11.6 Å². The molecule has 0 spiro atoms. The minimum Gasteiger partial charge on any atom is -0.0837 e. The number of hydrogen-bond donors (Lipinski definition) is 0. The van der Waals surface area contributed by atoms with Crippen molar-refractivity contribution in [1.29, 1.82) is 0 Å². The van der Waals surface area contributed by atoms with Gasteiger partial charge in [0.1, 0.15) is 0 Å². The number of aryl methyl sites for hydroxylation is 2. The van der Waals surface area contributed by atoms with Gasteiger partial charge in [0.05, 0.1) is 0 Å². The normalized spacial score (nSPS) is 10.5. The first-order valence-corrected chi connectivity index (χ1v) is 6.45. The van der Waals surface area contributed by atoms with Gasteiger partial charge in [-0.25, -0.2) is 0 Å². The fraction of sp³-hybridized carbons (Fsp3) is 0.250. The summed E-state index contributed by atoms with van der Waals surface area (Å²) in [6.45, 7) is 4.32. The molecule has 0 atom stereocenters. The molecular formula is C16H17Cl. The first kappa shape index (κ1) is 12.2. The van der Waals surface area contributed by atoms with E-state index in [1.165, 1.54) is 22.3 Å². The van der Waals surface area contributed by atoms with Gasteiger partial charge in [-0.15, -0.1) is 0 Å². The van der Waals surface area contributed by atoms with E-state index in [9.17, 15) is 0 Å². The predicted octanol–water partition coefficient (Wildman–Crippen LogP) is 5.27. The van der Waals surface area contributed by atoms with Gasteiger partial charge in [0.2, 0.25) is 0 Å². The molecule has 0 saturated carbocycles. The molecule has 0 aliphatic rings. The zero-order chi connectivity index (χ0) is 12.3. The number of hydrogen-bond acceptors (Lipinski definition) is 0. The fourth-order valence-electron chi connectivity index (χ4n) is 2.22. The highest BCUT2D eigenvalue weighted by atomic mass is 35.5. The lowest BCUT2D eigenvalue weighted by Crippen LogP contribution is -1.92. The van der Waals surface area contributed by atoms with Gasteiger partial charge in [0.25, 0.3) is 0 Å². The molecule has 0 N–H and O–H groups in total. The molecule has 0 fully saturated rings. The molecule has 0 aliphatic heterocycles. The van der Waals surface area contributed by atoms with E-state index in [0.29, 0.717) is 0 Å². The third-order valence-corrected chi connectivity index (χ3v) is 3.34. The molecule has 0 radical (unpaired) electrons. The Morgan fingerprint density at radius 2 is 1.76 bits per heavy atom. The fourth-order valence-corrected chi connectivity index (χ4v) is 2.55. The van der Waals surface area contributed by atoms with Crippen LogP contribution in [-0.4, -0.2) is 0 Å². The quantitative estimate of drug-likeness (QED) is 0.690. The molecule has 0 bridgehead atoms. The van der Waals surface area contributed by atoms with Crippen molar-refractivity contribution < 1.29 is 0 Å². The summed E-state index contributed by atoms with van der Waals surface area (Å²) in [5.74, 6) is 0. The smallest absolute Gasteiger partial charge is 0.0487 e. The lowest BCUT2D eigenvalue weighted by Gasteiger charge is -2.13. The van der Waals surface area contributed by atoms with Gasteiger partial charge in [0, 0.05) is 10.6 Å². The van der Waals surface area contributed by atoms with Crippen molar-refractivity contribution in [2.24, 2.45) is 0 Å². The van der Waals surface area contributed by atoms with Crippen LogP contribution in [-0.2, 0) is 6.42 Å². The molecule has 0 nitrogen and oxygen atoms in total. The summed E-state index contributed by atoms with van der Waals surface area (Å²) in [6.07, 6.45) is 2.25. The minimum absolute atomic E-state index is 0.841. The first-order valence-electron chi connectivity index (χ1n) is 6.07. The van der Waals surface area contributed by atoms with Gasteiger partial charge in [-0.2, -0.15) is 0 Å². The number of benzene rings is 2. The molecule has 1 heteroatoms. The van der Waals surface area contributed by atoms with Gasteiger partial charge in [-0.1, -0.05) is 61.3 Å². The van der Waals surface area contributed by atoms with Gasteiger partial charge in [-0.3, -0.25) is 0 Å². The molecule has 0 heterocycles. The Balaban J connectivity index is 2.60. The summed E-state index contributed by atoms with van der Waals surface area (Å²) >= 11 is 6.34. The first-order chi connectivity index (χ1) is 8.24. The molecule has 88 valence electrons. The molecule has 0 amide bonds. The van der Waals surface area contributed by atoms with Crippen LogP contribution in [0.4, 0.5) is 0 Å². The van der Waals surface area contributed by atoms with E-state index in [0.717, 1.165) is 17.9 Å². The maximum absolute atomic E-state index is 6.34. The largest absolute Gasteiger partial charge is 0.0837 e. The van der Waals surface area contributed by atoms with E-state index in [-0.39, 0.29) is 0 Å². The molecule has 0 unspecified atom stereocenters. The van der Waals surface area contributed by atoms with Crippen molar-refractivity contribution in [2.45, 2.75) is 26.7 Å². The monoisotopic (exact) mass is 244 g/mol. The predicted molar refractivity (Wildman–Crippen MR) is 75.6 cm³/mol. The zero-order valence-electron chi connectivity index (χ0n) is 10.3. The molecule has 2 rings (SSSR count). The molecule has 2 aromatic carbocycles. The highest BCUT2D eigenvalue weighted by Crippen LogP contribution is 2.33. The number of rotatable bonds is 3. The molecule has 0 saturated heterocycles. The minimum atomic E-state index is 0.841. The lowest BCUT2D eigenvalue weighted by molar-refractivity contribution is 0.923. The Bertz CT molecular complexity index is 494. The molecule has 17 heavy (non-hydrogen) atoms. The van der Waals surface area contributed by atoms with E-state index < -0.39 is 0 Å². The topological polar surface area (TPSA) is 0 Å². The Kier molecular flexibility index (Phi) is 3.86. The van der Waals surface area contributed by atoms with E-state index in [2.05, 4.69) is 44.2 Å². The average Bonchev–Trinajstić information content (AvgIpc) is 2.31. The van der Waals surface area contributed by atoms with Gasteiger partial charge >= 0.3 is 0 Å². The second-order valence-corrected chi connectivity index (χ2v) is 4.75. The van der Waals surface area contributed by atoms with Gasteiger partial charge < -0.3 is 0 Å². The van der Waals surface area contributed by atoms with E-state index >= 15 is 0 Å². The van der Waals surface area contributed by atoms with Crippen molar-refractivity contribution in [2.75, 3.05) is 0 Å². The van der Waals surface area contributed by atoms with Crippen LogP contribution < -0.4 is 0 Å². The third-order valence-electron chi connectivity index (χ3n) is 3.03. The SMILES string of the molecule is CCCc1ccccc1-c1c(C)cccc1Cl. The van der Waals surface area contributed by atoms with Crippen LogP contribution >= 0.6 is 11.6 Å². The summed E-state index contributed by atoms with van der Waals surface area (Å²) in [6, 6.07) is 14.6. The second-order valence-electron chi connectivity index (χ2n) is 4.34. The molecular weight excluding hydrogens is 228 g/mol. The van der Waals surface area contributed by atoms with Crippen LogP contribution in [0.5, 0.6) is 0 Å². The van der Waals surface area contributed by atoms with Crippen LogP contribution in [0.25, 0.3) is 11.1 Å². The van der Waals surface area contributed by atoms with Crippen LogP contribution in [0, 0.1) is 6.92 Å². The molecule has 0 aromatic heterocycles. The highest BCUT2D eigenvalue weighted by molar-refractivity contribution is 6.33.